The average molecular weight is 360 g/mol. The van der Waals surface area contributed by atoms with E-state index in [0.717, 1.165) is 60.9 Å². The molecule has 0 spiro atoms. The van der Waals surface area contributed by atoms with Crippen molar-refractivity contribution in [3.05, 3.63) is 47.4 Å². The molecule has 3 rings (SSSR count). The number of rotatable bonds is 10. The molecule has 0 bridgehead atoms. The van der Waals surface area contributed by atoms with Gasteiger partial charge in [0.05, 0.1) is 33.1 Å². The molecule has 0 radical (unpaired) electrons. The smallest absolute Gasteiger partial charge is 0.165 e. The molecule has 1 aromatic carbocycles. The Hall–Kier alpha value is -2.02. The second-order valence-corrected chi connectivity index (χ2v) is 6.44. The third-order valence-electron chi connectivity index (χ3n) is 4.54. The molecule has 26 heavy (non-hydrogen) atoms. The van der Waals surface area contributed by atoms with Crippen molar-refractivity contribution < 1.29 is 18.6 Å². The highest BCUT2D eigenvalue weighted by molar-refractivity contribution is 5.49. The van der Waals surface area contributed by atoms with Gasteiger partial charge in [0, 0.05) is 31.8 Å². The molecule has 2 N–H and O–H groups in total. The van der Waals surface area contributed by atoms with Crippen LogP contribution in [0, 0.1) is 0 Å². The Labute approximate surface area is 154 Å². The second-order valence-electron chi connectivity index (χ2n) is 6.44. The molecule has 1 aliphatic rings. The fourth-order valence-corrected chi connectivity index (χ4v) is 3.26. The van der Waals surface area contributed by atoms with Crippen LogP contribution in [-0.4, -0.2) is 33.5 Å². The second kappa shape index (κ2) is 9.62. The first-order valence-corrected chi connectivity index (χ1v) is 9.09. The van der Waals surface area contributed by atoms with Crippen LogP contribution >= 0.6 is 0 Å². The van der Waals surface area contributed by atoms with Crippen LogP contribution in [0.25, 0.3) is 0 Å². The molecule has 1 aliphatic heterocycles. The molecular formula is C20H28N2O4. The molecule has 2 heterocycles. The van der Waals surface area contributed by atoms with Gasteiger partial charge in [0.1, 0.15) is 5.76 Å². The van der Waals surface area contributed by atoms with Crippen molar-refractivity contribution in [2.24, 2.45) is 0 Å². The van der Waals surface area contributed by atoms with E-state index in [1.54, 1.807) is 20.5 Å². The van der Waals surface area contributed by atoms with Crippen molar-refractivity contribution in [3.8, 4) is 11.5 Å². The largest absolute Gasteiger partial charge is 0.493 e. The topological polar surface area (TPSA) is 64.9 Å². The van der Waals surface area contributed by atoms with Crippen LogP contribution < -0.4 is 20.1 Å². The summed E-state index contributed by atoms with van der Waals surface area (Å²) in [5.41, 5.74) is 2.22. The van der Waals surface area contributed by atoms with Gasteiger partial charge < -0.3 is 29.3 Å². The van der Waals surface area contributed by atoms with E-state index >= 15 is 0 Å². The Balaban J connectivity index is 1.62. The number of hydrogen-bond acceptors (Lipinski definition) is 6. The molecule has 0 amide bonds. The molecule has 2 aromatic rings. The molecule has 0 aliphatic carbocycles. The number of methoxy groups -OCH3 is 2. The van der Waals surface area contributed by atoms with Gasteiger partial charge in [-0.05, 0) is 42.7 Å². The number of furan rings is 1. The Morgan fingerprint density at radius 2 is 2.04 bits per heavy atom. The van der Waals surface area contributed by atoms with Crippen LogP contribution in [0.15, 0.2) is 34.9 Å². The lowest BCUT2D eigenvalue weighted by atomic mass is 10.1. The third-order valence-corrected chi connectivity index (χ3v) is 4.54. The summed E-state index contributed by atoms with van der Waals surface area (Å²) in [6.45, 7) is 3.85. The van der Waals surface area contributed by atoms with Crippen LogP contribution in [0.3, 0.4) is 0 Å². The summed E-state index contributed by atoms with van der Waals surface area (Å²) in [4.78, 5) is 0. The van der Waals surface area contributed by atoms with Gasteiger partial charge in [0.2, 0.25) is 0 Å². The number of hydrogen-bond donors (Lipinski definition) is 2. The summed E-state index contributed by atoms with van der Waals surface area (Å²) in [5, 5.41) is 6.87. The molecular weight excluding hydrogens is 332 g/mol. The number of ether oxygens (including phenoxy) is 3. The first-order valence-electron chi connectivity index (χ1n) is 9.09. The van der Waals surface area contributed by atoms with Gasteiger partial charge in [-0.25, -0.2) is 0 Å². The monoisotopic (exact) mass is 360 g/mol. The van der Waals surface area contributed by atoms with Crippen molar-refractivity contribution >= 4 is 0 Å². The molecule has 6 nitrogen and oxygen atoms in total. The fraction of sp³-hybridized carbons (Fsp3) is 0.500. The molecule has 1 aromatic heterocycles. The third kappa shape index (κ3) is 5.00. The zero-order chi connectivity index (χ0) is 18.2. The molecule has 1 atom stereocenters. The Morgan fingerprint density at radius 3 is 2.73 bits per heavy atom. The van der Waals surface area contributed by atoms with Crippen molar-refractivity contribution in [1.82, 2.24) is 10.6 Å². The van der Waals surface area contributed by atoms with E-state index in [-0.39, 0.29) is 0 Å². The minimum absolute atomic E-state index is 0.320. The summed E-state index contributed by atoms with van der Waals surface area (Å²) in [5.74, 6) is 2.45. The summed E-state index contributed by atoms with van der Waals surface area (Å²) in [6.07, 6.45) is 4.29. The van der Waals surface area contributed by atoms with Gasteiger partial charge >= 0.3 is 0 Å². The van der Waals surface area contributed by atoms with E-state index in [1.807, 2.05) is 18.2 Å². The number of nitrogens with one attached hydrogen (secondary N) is 2. The molecule has 0 saturated carbocycles. The summed E-state index contributed by atoms with van der Waals surface area (Å²) < 4.78 is 22.1. The van der Waals surface area contributed by atoms with Crippen LogP contribution in [0.2, 0.25) is 0 Å². The fourth-order valence-electron chi connectivity index (χ4n) is 3.26. The van der Waals surface area contributed by atoms with E-state index in [1.165, 1.54) is 0 Å². The van der Waals surface area contributed by atoms with Crippen LogP contribution in [0.5, 0.6) is 11.5 Å². The van der Waals surface area contributed by atoms with Gasteiger partial charge in [-0.15, -0.1) is 0 Å². The van der Waals surface area contributed by atoms with Crippen molar-refractivity contribution in [3.63, 3.8) is 0 Å². The van der Waals surface area contributed by atoms with E-state index in [9.17, 15) is 0 Å². The predicted molar refractivity (Wildman–Crippen MR) is 99.5 cm³/mol. The molecule has 1 unspecified atom stereocenters. The van der Waals surface area contributed by atoms with Crippen LogP contribution in [0.4, 0.5) is 0 Å². The lowest BCUT2D eigenvalue weighted by Gasteiger charge is -2.17. The highest BCUT2D eigenvalue weighted by Crippen LogP contribution is 2.32. The van der Waals surface area contributed by atoms with Gasteiger partial charge in [0.25, 0.3) is 0 Å². The lowest BCUT2D eigenvalue weighted by Crippen LogP contribution is -2.26. The summed E-state index contributed by atoms with van der Waals surface area (Å²) >= 11 is 0. The number of benzene rings is 1. The molecule has 1 saturated heterocycles. The Bertz CT molecular complexity index is 667. The van der Waals surface area contributed by atoms with E-state index in [2.05, 4.69) is 16.7 Å². The van der Waals surface area contributed by atoms with Crippen LogP contribution in [0.1, 0.15) is 29.7 Å². The molecule has 6 heteroatoms. The SMILES string of the molecule is COc1cc(CNCc2ccco2)cc(CNCC2CCCO2)c1OC. The standard InChI is InChI=1S/C20H28N2O4/c1-23-19-10-15(11-21-13-17-5-3-7-25-17)9-16(20(19)24-2)12-22-14-18-6-4-8-26-18/h3,5,7,9-10,18,21-22H,4,6,8,11-14H2,1-2H3. The zero-order valence-corrected chi connectivity index (χ0v) is 15.5. The maximum absolute atomic E-state index is 5.67. The Kier molecular flexibility index (Phi) is 6.94. The first kappa shape index (κ1) is 18.8. The zero-order valence-electron chi connectivity index (χ0n) is 15.5. The predicted octanol–water partition coefficient (Wildman–Crippen LogP) is 2.86. The van der Waals surface area contributed by atoms with Gasteiger partial charge in [0.15, 0.2) is 11.5 Å². The Morgan fingerprint density at radius 1 is 1.12 bits per heavy atom. The molecule has 1 fully saturated rings. The van der Waals surface area contributed by atoms with Crippen LogP contribution in [-0.2, 0) is 24.4 Å². The first-order chi connectivity index (χ1) is 12.8. The van der Waals surface area contributed by atoms with Gasteiger partial charge in [-0.1, -0.05) is 0 Å². The van der Waals surface area contributed by atoms with E-state index in [0.29, 0.717) is 19.2 Å². The quantitative estimate of drug-likeness (QED) is 0.679. The normalized spacial score (nSPS) is 16.8. The van der Waals surface area contributed by atoms with E-state index in [4.69, 9.17) is 18.6 Å². The van der Waals surface area contributed by atoms with Crippen molar-refractivity contribution in [2.75, 3.05) is 27.4 Å². The van der Waals surface area contributed by atoms with Gasteiger partial charge in [-0.2, -0.15) is 0 Å². The average Bonchev–Trinajstić information content (AvgIpc) is 3.35. The molecule has 142 valence electrons. The highest BCUT2D eigenvalue weighted by Gasteiger charge is 2.16. The minimum atomic E-state index is 0.320. The minimum Gasteiger partial charge on any atom is -0.493 e. The maximum atomic E-state index is 5.67. The van der Waals surface area contributed by atoms with Crippen molar-refractivity contribution in [1.29, 1.82) is 0 Å². The van der Waals surface area contributed by atoms with Gasteiger partial charge in [-0.3, -0.25) is 0 Å². The highest BCUT2D eigenvalue weighted by atomic mass is 16.5. The summed E-state index contributed by atoms with van der Waals surface area (Å²) in [7, 11) is 3.34. The maximum Gasteiger partial charge on any atom is 0.165 e. The van der Waals surface area contributed by atoms with E-state index < -0.39 is 0 Å². The lowest BCUT2D eigenvalue weighted by molar-refractivity contribution is 0.110. The summed E-state index contributed by atoms with van der Waals surface area (Å²) in [6, 6.07) is 8.02. The van der Waals surface area contributed by atoms with Crippen molar-refractivity contribution in [2.45, 2.75) is 38.6 Å².